The summed E-state index contributed by atoms with van der Waals surface area (Å²) in [6.07, 6.45) is 1.80. The predicted octanol–water partition coefficient (Wildman–Crippen LogP) is 5.70. The number of benzene rings is 2. The summed E-state index contributed by atoms with van der Waals surface area (Å²) in [6, 6.07) is 26.1. The lowest BCUT2D eigenvalue weighted by molar-refractivity contribution is 0.466. The molecule has 3 nitrogen and oxygen atoms in total. The molecule has 4 aromatic rings. The molecule has 0 unspecified atom stereocenters. The lowest BCUT2D eigenvalue weighted by atomic mass is 10.1. The minimum Gasteiger partial charge on any atom is -0.431 e. The van der Waals surface area contributed by atoms with Gasteiger partial charge in [-0.3, -0.25) is 4.98 Å². The second kappa shape index (κ2) is 7.36. The first-order chi connectivity index (χ1) is 12.4. The molecule has 0 saturated heterocycles. The topological polar surface area (TPSA) is 38.9 Å². The van der Waals surface area contributed by atoms with Crippen molar-refractivity contribution < 1.29 is 4.42 Å². The Kier molecular flexibility index (Phi) is 4.61. The first-order valence-corrected chi connectivity index (χ1v) is 9.03. The van der Waals surface area contributed by atoms with E-state index in [-0.39, 0.29) is 0 Å². The molecule has 2 aromatic carbocycles. The van der Waals surface area contributed by atoms with Crippen LogP contribution in [-0.2, 0) is 5.75 Å². The highest BCUT2D eigenvalue weighted by atomic mass is 32.2. The normalized spacial score (nSPS) is 10.7. The molecule has 2 heterocycles. The molecule has 0 amide bonds. The van der Waals surface area contributed by atoms with Crippen molar-refractivity contribution in [2.24, 2.45) is 0 Å². The number of rotatable bonds is 5. The minimum atomic E-state index is 0.656. The zero-order chi connectivity index (χ0) is 16.9. The van der Waals surface area contributed by atoms with Crippen LogP contribution in [0, 0.1) is 0 Å². The van der Waals surface area contributed by atoms with Crippen molar-refractivity contribution in [3.8, 4) is 22.6 Å². The van der Waals surface area contributed by atoms with Crippen LogP contribution in [0.5, 0.6) is 0 Å². The van der Waals surface area contributed by atoms with Crippen LogP contribution in [0.2, 0.25) is 0 Å². The van der Waals surface area contributed by atoms with Crippen molar-refractivity contribution in [2.45, 2.75) is 11.0 Å². The number of hydrogen-bond donors (Lipinski definition) is 0. The van der Waals surface area contributed by atoms with Gasteiger partial charge in [0.15, 0.2) is 5.76 Å². The SMILES string of the molecule is c1ccc(-c2nc(SCc3ccccn3)oc2-c2ccccc2)cc1. The molecule has 25 heavy (non-hydrogen) atoms. The van der Waals surface area contributed by atoms with E-state index in [1.165, 1.54) is 0 Å². The fourth-order valence-corrected chi connectivity index (χ4v) is 3.30. The molecule has 0 spiro atoms. The third kappa shape index (κ3) is 3.64. The molecule has 0 N–H and O–H groups in total. The van der Waals surface area contributed by atoms with E-state index in [4.69, 9.17) is 9.40 Å². The smallest absolute Gasteiger partial charge is 0.257 e. The molecular weight excluding hydrogens is 328 g/mol. The van der Waals surface area contributed by atoms with Gasteiger partial charge >= 0.3 is 0 Å². The highest BCUT2D eigenvalue weighted by Crippen LogP contribution is 2.36. The first-order valence-electron chi connectivity index (χ1n) is 8.04. The molecule has 0 bridgehead atoms. The second-order valence-corrected chi connectivity index (χ2v) is 6.43. The molecular formula is C21H16N2OS. The Labute approximate surface area is 150 Å². The fraction of sp³-hybridized carbons (Fsp3) is 0.0476. The van der Waals surface area contributed by atoms with Crippen LogP contribution in [0.15, 0.2) is 94.7 Å². The zero-order valence-corrected chi connectivity index (χ0v) is 14.3. The Bertz CT molecular complexity index is 881. The van der Waals surface area contributed by atoms with Crippen molar-refractivity contribution in [1.29, 1.82) is 0 Å². The quantitative estimate of drug-likeness (QED) is 0.436. The lowest BCUT2D eigenvalue weighted by Gasteiger charge is -2.00. The molecule has 0 radical (unpaired) electrons. The summed E-state index contributed by atoms with van der Waals surface area (Å²) in [6.45, 7) is 0. The van der Waals surface area contributed by atoms with E-state index in [0.29, 0.717) is 5.22 Å². The van der Waals surface area contributed by atoms with Crippen molar-refractivity contribution in [1.82, 2.24) is 9.97 Å². The molecule has 4 rings (SSSR count). The van der Waals surface area contributed by atoms with Crippen LogP contribution in [0.4, 0.5) is 0 Å². The molecule has 4 heteroatoms. The van der Waals surface area contributed by atoms with Gasteiger partial charge in [-0.25, -0.2) is 4.98 Å². The summed E-state index contributed by atoms with van der Waals surface area (Å²) < 4.78 is 6.10. The molecule has 0 aliphatic heterocycles. The average molecular weight is 344 g/mol. The first kappa shape index (κ1) is 15.7. The van der Waals surface area contributed by atoms with Crippen molar-refractivity contribution >= 4 is 11.8 Å². The standard InChI is InChI=1S/C21H16N2OS/c1-3-9-16(10-4-1)19-20(17-11-5-2-6-12-17)24-21(23-19)25-15-18-13-7-8-14-22-18/h1-14H,15H2. The van der Waals surface area contributed by atoms with E-state index in [2.05, 4.69) is 17.1 Å². The van der Waals surface area contributed by atoms with Gasteiger partial charge < -0.3 is 4.42 Å². The fourth-order valence-electron chi connectivity index (χ4n) is 2.56. The number of nitrogens with zero attached hydrogens (tertiary/aromatic N) is 2. The maximum atomic E-state index is 6.10. The maximum Gasteiger partial charge on any atom is 0.257 e. The monoisotopic (exact) mass is 344 g/mol. The Hall–Kier alpha value is -2.85. The zero-order valence-electron chi connectivity index (χ0n) is 13.5. The summed E-state index contributed by atoms with van der Waals surface area (Å²) in [4.78, 5) is 9.09. The van der Waals surface area contributed by atoms with Gasteiger partial charge in [0.25, 0.3) is 5.22 Å². The highest BCUT2D eigenvalue weighted by Gasteiger charge is 2.17. The van der Waals surface area contributed by atoms with Crippen molar-refractivity contribution in [3.05, 3.63) is 90.8 Å². The molecule has 0 aliphatic carbocycles. The average Bonchev–Trinajstić information content (AvgIpc) is 3.13. The number of hydrogen-bond acceptors (Lipinski definition) is 4. The van der Waals surface area contributed by atoms with Gasteiger partial charge in [0.1, 0.15) is 5.69 Å². The summed E-state index contributed by atoms with van der Waals surface area (Å²) in [5.41, 5.74) is 3.96. The van der Waals surface area contributed by atoms with E-state index in [1.807, 2.05) is 66.7 Å². The van der Waals surface area contributed by atoms with Crippen LogP contribution >= 0.6 is 11.8 Å². The lowest BCUT2D eigenvalue weighted by Crippen LogP contribution is -1.84. The molecule has 0 aliphatic rings. The summed E-state index contributed by atoms with van der Waals surface area (Å²) >= 11 is 1.56. The van der Waals surface area contributed by atoms with Crippen LogP contribution in [-0.4, -0.2) is 9.97 Å². The van der Waals surface area contributed by atoms with E-state index >= 15 is 0 Å². The Balaban J connectivity index is 1.68. The van der Waals surface area contributed by atoms with Gasteiger partial charge in [0.2, 0.25) is 0 Å². The Morgan fingerprint density at radius 1 is 0.760 bits per heavy atom. The van der Waals surface area contributed by atoms with E-state index in [1.54, 1.807) is 18.0 Å². The van der Waals surface area contributed by atoms with E-state index in [0.717, 1.165) is 34.0 Å². The predicted molar refractivity (Wildman–Crippen MR) is 101 cm³/mol. The molecule has 2 aromatic heterocycles. The third-order valence-corrected chi connectivity index (χ3v) is 4.62. The Morgan fingerprint density at radius 2 is 1.44 bits per heavy atom. The number of aromatic nitrogens is 2. The Morgan fingerprint density at radius 3 is 2.12 bits per heavy atom. The van der Waals surface area contributed by atoms with Gasteiger partial charge in [-0.05, 0) is 12.1 Å². The minimum absolute atomic E-state index is 0.656. The second-order valence-electron chi connectivity index (χ2n) is 5.50. The third-order valence-electron chi connectivity index (χ3n) is 3.76. The van der Waals surface area contributed by atoms with E-state index < -0.39 is 0 Å². The van der Waals surface area contributed by atoms with Gasteiger partial charge in [-0.1, -0.05) is 78.5 Å². The number of oxazole rings is 1. The largest absolute Gasteiger partial charge is 0.431 e. The van der Waals surface area contributed by atoms with Crippen LogP contribution in [0.25, 0.3) is 22.6 Å². The molecule has 0 fully saturated rings. The van der Waals surface area contributed by atoms with Crippen LogP contribution < -0.4 is 0 Å². The molecule has 122 valence electrons. The number of thioether (sulfide) groups is 1. The highest BCUT2D eigenvalue weighted by molar-refractivity contribution is 7.98. The van der Waals surface area contributed by atoms with Crippen LogP contribution in [0.3, 0.4) is 0 Å². The summed E-state index contributed by atoms with van der Waals surface area (Å²) in [7, 11) is 0. The van der Waals surface area contributed by atoms with Gasteiger partial charge in [0, 0.05) is 23.1 Å². The van der Waals surface area contributed by atoms with Gasteiger partial charge in [0.05, 0.1) is 5.69 Å². The molecule has 0 saturated carbocycles. The van der Waals surface area contributed by atoms with Crippen molar-refractivity contribution in [2.75, 3.05) is 0 Å². The number of pyridine rings is 1. The van der Waals surface area contributed by atoms with E-state index in [9.17, 15) is 0 Å². The van der Waals surface area contributed by atoms with Gasteiger partial charge in [-0.2, -0.15) is 0 Å². The van der Waals surface area contributed by atoms with Crippen LogP contribution in [0.1, 0.15) is 5.69 Å². The molecule has 0 atom stereocenters. The van der Waals surface area contributed by atoms with Crippen molar-refractivity contribution in [3.63, 3.8) is 0 Å². The summed E-state index contributed by atoms with van der Waals surface area (Å²) in [5, 5.41) is 0.656. The summed E-state index contributed by atoms with van der Waals surface area (Å²) in [5.74, 6) is 1.53. The maximum absolute atomic E-state index is 6.10. The van der Waals surface area contributed by atoms with Gasteiger partial charge in [-0.15, -0.1) is 0 Å².